The molecule has 4 heteroatoms. The van der Waals surface area contributed by atoms with Crippen LogP contribution in [0.5, 0.6) is 0 Å². The topological polar surface area (TPSA) is 52.2 Å². The highest BCUT2D eigenvalue weighted by Gasteiger charge is 1.97. The monoisotopic (exact) mass is 244 g/mol. The first kappa shape index (κ1) is 12.1. The highest BCUT2D eigenvalue weighted by molar-refractivity contribution is 5.87. The number of hydrogen-bond donors (Lipinski definition) is 1. The van der Waals surface area contributed by atoms with Crippen molar-refractivity contribution in [3.8, 4) is 0 Å². The second kappa shape index (κ2) is 5.31. The third kappa shape index (κ3) is 3.07. The van der Waals surface area contributed by atoms with Gasteiger partial charge in [-0.3, -0.25) is 0 Å². The molecule has 0 bridgehead atoms. The van der Waals surface area contributed by atoms with E-state index in [-0.39, 0.29) is 11.4 Å². The van der Waals surface area contributed by atoms with Crippen molar-refractivity contribution >= 4 is 11.7 Å². The molecule has 0 aromatic heterocycles. The maximum Gasteiger partial charge on any atom is 0.123 e. The molecule has 0 fully saturated rings. The van der Waals surface area contributed by atoms with E-state index < -0.39 is 5.97 Å². The van der Waals surface area contributed by atoms with Crippen LogP contribution in [-0.4, -0.2) is 5.97 Å². The number of anilines is 1. The Kier molecular flexibility index (Phi) is 3.57. The third-order valence-electron chi connectivity index (χ3n) is 2.51. The number of carboxylic acid groups (broad SMARTS) is 1. The first-order valence-electron chi connectivity index (χ1n) is 5.45. The summed E-state index contributed by atoms with van der Waals surface area (Å²) in [7, 11) is 0. The number of hydrogen-bond acceptors (Lipinski definition) is 3. The van der Waals surface area contributed by atoms with Gasteiger partial charge in [-0.15, -0.1) is 0 Å². The molecular weight excluding hydrogens is 233 g/mol. The van der Waals surface area contributed by atoms with Crippen molar-refractivity contribution in [1.82, 2.24) is 0 Å². The quantitative estimate of drug-likeness (QED) is 0.892. The van der Waals surface area contributed by atoms with E-state index in [0.29, 0.717) is 12.2 Å². The second-order valence-corrected chi connectivity index (χ2v) is 3.85. The molecule has 2 rings (SSSR count). The Labute approximate surface area is 104 Å². The van der Waals surface area contributed by atoms with E-state index in [1.165, 1.54) is 24.3 Å². The number of rotatable bonds is 4. The Balaban J connectivity index is 2.04. The second-order valence-electron chi connectivity index (χ2n) is 3.85. The van der Waals surface area contributed by atoms with Crippen LogP contribution in [0.15, 0.2) is 48.5 Å². The number of halogens is 1. The molecule has 0 aliphatic carbocycles. The van der Waals surface area contributed by atoms with Gasteiger partial charge in [0.25, 0.3) is 0 Å². The van der Waals surface area contributed by atoms with Crippen LogP contribution >= 0.6 is 0 Å². The fraction of sp³-hybridized carbons (Fsp3) is 0.0714. The van der Waals surface area contributed by atoms with Crippen LogP contribution in [0.3, 0.4) is 0 Å². The largest absolute Gasteiger partial charge is 0.545 e. The summed E-state index contributed by atoms with van der Waals surface area (Å²) in [6.45, 7) is 0.497. The van der Waals surface area contributed by atoms with Crippen molar-refractivity contribution in [1.29, 1.82) is 0 Å². The Hall–Kier alpha value is -2.36. The number of benzene rings is 2. The van der Waals surface area contributed by atoms with Gasteiger partial charge in [-0.2, -0.15) is 0 Å². The Morgan fingerprint density at radius 1 is 1.17 bits per heavy atom. The molecule has 1 N–H and O–H groups in total. The highest BCUT2D eigenvalue weighted by Crippen LogP contribution is 2.12. The molecule has 0 aliphatic rings. The van der Waals surface area contributed by atoms with Gasteiger partial charge in [0.15, 0.2) is 0 Å². The fourth-order valence-electron chi connectivity index (χ4n) is 1.56. The average Bonchev–Trinajstić information content (AvgIpc) is 2.38. The summed E-state index contributed by atoms with van der Waals surface area (Å²) in [6.07, 6.45) is 0. The lowest BCUT2D eigenvalue weighted by Gasteiger charge is -2.09. The molecule has 0 heterocycles. The van der Waals surface area contributed by atoms with Crippen molar-refractivity contribution in [2.45, 2.75) is 6.54 Å². The van der Waals surface area contributed by atoms with Gasteiger partial charge < -0.3 is 15.2 Å². The number of aromatic carboxylic acids is 1. The van der Waals surface area contributed by atoms with E-state index in [4.69, 9.17) is 0 Å². The van der Waals surface area contributed by atoms with Crippen molar-refractivity contribution in [3.05, 3.63) is 65.5 Å². The Bertz CT molecular complexity index is 552. The molecule has 0 saturated heterocycles. The van der Waals surface area contributed by atoms with Crippen molar-refractivity contribution < 1.29 is 14.3 Å². The Morgan fingerprint density at radius 2 is 1.89 bits per heavy atom. The molecule has 3 nitrogen and oxygen atoms in total. The minimum atomic E-state index is -1.21. The van der Waals surface area contributed by atoms with E-state index in [2.05, 4.69) is 5.32 Å². The van der Waals surface area contributed by atoms with Crippen LogP contribution in [-0.2, 0) is 6.54 Å². The van der Waals surface area contributed by atoms with Crippen molar-refractivity contribution in [3.63, 3.8) is 0 Å². The Morgan fingerprint density at radius 3 is 2.56 bits per heavy atom. The fourth-order valence-corrected chi connectivity index (χ4v) is 1.56. The zero-order valence-corrected chi connectivity index (χ0v) is 9.52. The zero-order chi connectivity index (χ0) is 13.0. The standard InChI is InChI=1S/C14H12FNO2/c15-12-6-4-10(5-7-12)9-16-13-3-1-2-11(8-13)14(17)18/h1-8,16H,9H2,(H,17,18)/p-1. The van der Waals surface area contributed by atoms with Crippen molar-refractivity contribution in [2.24, 2.45) is 0 Å². The van der Waals surface area contributed by atoms with E-state index in [9.17, 15) is 14.3 Å². The molecule has 0 unspecified atom stereocenters. The van der Waals surface area contributed by atoms with E-state index in [1.807, 2.05) is 0 Å². The number of nitrogens with one attached hydrogen (secondary N) is 1. The summed E-state index contributed by atoms with van der Waals surface area (Å²) in [5, 5.41) is 13.7. The van der Waals surface area contributed by atoms with Crippen LogP contribution in [0.25, 0.3) is 0 Å². The molecule has 92 valence electrons. The van der Waals surface area contributed by atoms with Crippen LogP contribution in [0.1, 0.15) is 15.9 Å². The van der Waals surface area contributed by atoms with Gasteiger partial charge in [0, 0.05) is 12.2 Å². The molecule has 0 radical (unpaired) electrons. The number of carbonyl (C=O) groups is 1. The van der Waals surface area contributed by atoms with Gasteiger partial charge in [-0.1, -0.05) is 24.3 Å². The predicted molar refractivity (Wildman–Crippen MR) is 64.5 cm³/mol. The first-order chi connectivity index (χ1) is 8.65. The van der Waals surface area contributed by atoms with E-state index >= 15 is 0 Å². The maximum absolute atomic E-state index is 12.7. The van der Waals surface area contributed by atoms with E-state index in [0.717, 1.165) is 5.56 Å². The van der Waals surface area contributed by atoms with Crippen LogP contribution in [0.2, 0.25) is 0 Å². The summed E-state index contributed by atoms with van der Waals surface area (Å²) in [5.74, 6) is -1.49. The summed E-state index contributed by atoms with van der Waals surface area (Å²) in [5.41, 5.74) is 1.72. The molecule has 0 amide bonds. The molecule has 0 saturated carbocycles. The molecule has 18 heavy (non-hydrogen) atoms. The van der Waals surface area contributed by atoms with Crippen molar-refractivity contribution in [2.75, 3.05) is 5.32 Å². The summed E-state index contributed by atoms with van der Waals surface area (Å²) in [6, 6.07) is 12.5. The SMILES string of the molecule is O=C([O-])c1cccc(NCc2ccc(F)cc2)c1. The van der Waals surface area contributed by atoms with Crippen LogP contribution in [0, 0.1) is 5.82 Å². The smallest absolute Gasteiger partial charge is 0.123 e. The molecule has 2 aromatic rings. The summed E-state index contributed by atoms with van der Waals surface area (Å²) in [4.78, 5) is 10.7. The highest BCUT2D eigenvalue weighted by atomic mass is 19.1. The van der Waals surface area contributed by atoms with Crippen LogP contribution in [0.4, 0.5) is 10.1 Å². The first-order valence-corrected chi connectivity index (χ1v) is 5.45. The van der Waals surface area contributed by atoms with Gasteiger partial charge in [0.2, 0.25) is 0 Å². The summed E-state index contributed by atoms with van der Waals surface area (Å²) < 4.78 is 12.7. The average molecular weight is 244 g/mol. The number of carbonyl (C=O) groups excluding carboxylic acids is 1. The molecule has 0 spiro atoms. The van der Waals surface area contributed by atoms with E-state index in [1.54, 1.807) is 24.3 Å². The molecular formula is C14H11FNO2-. The van der Waals surface area contributed by atoms with Crippen LogP contribution < -0.4 is 10.4 Å². The number of carboxylic acids is 1. The van der Waals surface area contributed by atoms with Gasteiger partial charge >= 0.3 is 0 Å². The minimum Gasteiger partial charge on any atom is -0.545 e. The predicted octanol–water partition coefficient (Wildman–Crippen LogP) is 1.80. The third-order valence-corrected chi connectivity index (χ3v) is 2.51. The van der Waals surface area contributed by atoms with Gasteiger partial charge in [-0.25, -0.2) is 4.39 Å². The summed E-state index contributed by atoms with van der Waals surface area (Å²) >= 11 is 0. The van der Waals surface area contributed by atoms with Gasteiger partial charge in [0.05, 0.1) is 5.97 Å². The normalized spacial score (nSPS) is 10.1. The molecule has 0 aliphatic heterocycles. The van der Waals surface area contributed by atoms with Gasteiger partial charge in [0.1, 0.15) is 5.82 Å². The lowest BCUT2D eigenvalue weighted by Crippen LogP contribution is -2.22. The molecule has 2 aromatic carbocycles. The minimum absolute atomic E-state index is 0.124. The lowest BCUT2D eigenvalue weighted by molar-refractivity contribution is -0.255. The molecule has 0 atom stereocenters. The van der Waals surface area contributed by atoms with Gasteiger partial charge in [-0.05, 0) is 35.4 Å². The lowest BCUT2D eigenvalue weighted by atomic mass is 10.2. The maximum atomic E-state index is 12.7. The zero-order valence-electron chi connectivity index (χ0n) is 9.52.